The molecule has 0 aromatic rings. The van der Waals surface area contributed by atoms with Gasteiger partial charge in [0.25, 0.3) is 0 Å². The molecule has 1 saturated heterocycles. The van der Waals surface area contributed by atoms with Crippen LogP contribution in [-0.4, -0.2) is 34.6 Å². The molecule has 0 aromatic heterocycles. The van der Waals surface area contributed by atoms with Crippen LogP contribution in [0.3, 0.4) is 0 Å². The molecule has 4 nitrogen and oxygen atoms in total. The molecule has 1 atom stereocenters. The maximum atomic E-state index is 12.2. The molecule has 1 aliphatic rings. The smallest absolute Gasteiger partial charge is 0.243 e. The van der Waals surface area contributed by atoms with Gasteiger partial charge in [-0.1, -0.05) is 13.8 Å². The van der Waals surface area contributed by atoms with Crippen molar-refractivity contribution in [2.45, 2.75) is 45.6 Å². The molecule has 1 aliphatic heterocycles. The predicted molar refractivity (Wildman–Crippen MR) is 60.4 cm³/mol. The van der Waals surface area contributed by atoms with Crippen LogP contribution in [0.5, 0.6) is 0 Å². The van der Waals surface area contributed by atoms with Gasteiger partial charge in [0.15, 0.2) is 0 Å². The van der Waals surface area contributed by atoms with Crippen molar-refractivity contribution in [2.24, 2.45) is 5.41 Å². The van der Waals surface area contributed by atoms with Gasteiger partial charge in [0.1, 0.15) is 5.41 Å². The van der Waals surface area contributed by atoms with Crippen LogP contribution in [-0.2, 0) is 4.79 Å². The maximum absolute atomic E-state index is 12.2. The van der Waals surface area contributed by atoms with E-state index in [1.54, 1.807) is 11.8 Å². The van der Waals surface area contributed by atoms with Crippen molar-refractivity contribution in [3.8, 4) is 6.07 Å². The molecule has 1 amide bonds. The standard InChI is InChI=1S/C12H20N2O2/c1-4-12(5-2,8-13)10(15)14-7-6-11(3,16)9-14/h16H,4-7,9H2,1-3H3. The molecule has 16 heavy (non-hydrogen) atoms. The molecule has 90 valence electrons. The summed E-state index contributed by atoms with van der Waals surface area (Å²) in [5.74, 6) is -0.127. The fraction of sp³-hybridized carbons (Fsp3) is 0.833. The van der Waals surface area contributed by atoms with Gasteiger partial charge in [0.2, 0.25) is 5.91 Å². The largest absolute Gasteiger partial charge is 0.388 e. The third kappa shape index (κ3) is 2.19. The van der Waals surface area contributed by atoms with Gasteiger partial charge in [0.05, 0.1) is 11.7 Å². The van der Waals surface area contributed by atoms with Crippen molar-refractivity contribution in [3.63, 3.8) is 0 Å². The van der Waals surface area contributed by atoms with Crippen LogP contribution >= 0.6 is 0 Å². The van der Waals surface area contributed by atoms with Gasteiger partial charge < -0.3 is 10.0 Å². The normalized spacial score (nSPS) is 25.6. The molecule has 1 fully saturated rings. The minimum Gasteiger partial charge on any atom is -0.388 e. The Kier molecular flexibility index (Phi) is 3.59. The molecule has 1 rings (SSSR count). The lowest BCUT2D eigenvalue weighted by atomic mass is 9.82. The van der Waals surface area contributed by atoms with Crippen LogP contribution in [0.25, 0.3) is 0 Å². The second kappa shape index (κ2) is 4.42. The van der Waals surface area contributed by atoms with Gasteiger partial charge in [0, 0.05) is 13.1 Å². The van der Waals surface area contributed by atoms with E-state index in [1.165, 1.54) is 0 Å². The van der Waals surface area contributed by atoms with Gasteiger partial charge in [-0.25, -0.2) is 0 Å². The summed E-state index contributed by atoms with van der Waals surface area (Å²) in [5.41, 5.74) is -1.70. The van der Waals surface area contributed by atoms with Gasteiger partial charge in [-0.3, -0.25) is 4.79 Å². The van der Waals surface area contributed by atoms with E-state index >= 15 is 0 Å². The van der Waals surface area contributed by atoms with Gasteiger partial charge in [-0.2, -0.15) is 5.26 Å². The quantitative estimate of drug-likeness (QED) is 0.785. The molecule has 0 aromatic carbocycles. The monoisotopic (exact) mass is 224 g/mol. The summed E-state index contributed by atoms with van der Waals surface area (Å²) in [7, 11) is 0. The number of amides is 1. The summed E-state index contributed by atoms with van der Waals surface area (Å²) in [6.45, 7) is 6.34. The highest BCUT2D eigenvalue weighted by Gasteiger charge is 2.43. The van der Waals surface area contributed by atoms with E-state index in [0.717, 1.165) is 0 Å². The van der Waals surface area contributed by atoms with Crippen LogP contribution in [0, 0.1) is 16.7 Å². The average molecular weight is 224 g/mol. The Labute approximate surface area is 96.9 Å². The Bertz CT molecular complexity index is 313. The maximum Gasteiger partial charge on any atom is 0.243 e. The first-order chi connectivity index (χ1) is 7.40. The predicted octanol–water partition coefficient (Wildman–Crippen LogP) is 1.30. The second-order valence-electron chi connectivity index (χ2n) is 4.87. The summed E-state index contributed by atoms with van der Waals surface area (Å²) < 4.78 is 0. The Morgan fingerprint density at radius 3 is 2.44 bits per heavy atom. The Hall–Kier alpha value is -1.08. The fourth-order valence-electron chi connectivity index (χ4n) is 2.18. The number of aliphatic hydroxyl groups is 1. The van der Waals surface area contributed by atoms with Crippen LogP contribution in [0.2, 0.25) is 0 Å². The number of rotatable bonds is 3. The molecule has 1 heterocycles. The summed E-state index contributed by atoms with van der Waals surface area (Å²) in [4.78, 5) is 13.9. The molecule has 0 saturated carbocycles. The summed E-state index contributed by atoms with van der Waals surface area (Å²) in [6.07, 6.45) is 1.64. The molecule has 0 bridgehead atoms. The van der Waals surface area contributed by atoms with E-state index in [0.29, 0.717) is 32.4 Å². The van der Waals surface area contributed by atoms with E-state index in [2.05, 4.69) is 6.07 Å². The first kappa shape index (κ1) is 13.0. The molecule has 0 aliphatic carbocycles. The third-order valence-electron chi connectivity index (χ3n) is 3.57. The van der Waals surface area contributed by atoms with Crippen LogP contribution < -0.4 is 0 Å². The van der Waals surface area contributed by atoms with E-state index in [-0.39, 0.29) is 5.91 Å². The fourth-order valence-corrected chi connectivity index (χ4v) is 2.18. The second-order valence-corrected chi connectivity index (χ2v) is 4.87. The summed E-state index contributed by atoms with van der Waals surface area (Å²) >= 11 is 0. The van der Waals surface area contributed by atoms with Crippen molar-refractivity contribution in [1.82, 2.24) is 4.90 Å². The van der Waals surface area contributed by atoms with Crippen LogP contribution in [0.15, 0.2) is 0 Å². The zero-order chi connectivity index (χ0) is 12.4. The zero-order valence-corrected chi connectivity index (χ0v) is 10.3. The first-order valence-electron chi connectivity index (χ1n) is 5.84. The zero-order valence-electron chi connectivity index (χ0n) is 10.3. The van der Waals surface area contributed by atoms with Crippen molar-refractivity contribution in [2.75, 3.05) is 13.1 Å². The number of hydrogen-bond donors (Lipinski definition) is 1. The van der Waals surface area contributed by atoms with E-state index in [4.69, 9.17) is 0 Å². The molecule has 0 spiro atoms. The first-order valence-corrected chi connectivity index (χ1v) is 5.84. The highest BCUT2D eigenvalue weighted by Crippen LogP contribution is 2.31. The lowest BCUT2D eigenvalue weighted by molar-refractivity contribution is -0.139. The minimum absolute atomic E-state index is 0.127. The van der Waals surface area contributed by atoms with Gasteiger partial charge >= 0.3 is 0 Å². The SMILES string of the molecule is CCC(C#N)(CC)C(=O)N1CCC(C)(O)C1. The van der Waals surface area contributed by atoms with Crippen molar-refractivity contribution in [3.05, 3.63) is 0 Å². The molecule has 1 unspecified atom stereocenters. The highest BCUT2D eigenvalue weighted by atomic mass is 16.3. The number of carbonyl (C=O) groups is 1. The van der Waals surface area contributed by atoms with Crippen molar-refractivity contribution >= 4 is 5.91 Å². The Morgan fingerprint density at radius 1 is 1.56 bits per heavy atom. The molecular weight excluding hydrogens is 204 g/mol. The van der Waals surface area contributed by atoms with E-state index in [9.17, 15) is 15.2 Å². The number of likely N-dealkylation sites (tertiary alicyclic amines) is 1. The van der Waals surface area contributed by atoms with Gasteiger partial charge in [-0.15, -0.1) is 0 Å². The summed E-state index contributed by atoms with van der Waals surface area (Å²) in [5, 5.41) is 19.0. The van der Waals surface area contributed by atoms with Gasteiger partial charge in [-0.05, 0) is 26.2 Å². The Morgan fingerprint density at radius 2 is 2.12 bits per heavy atom. The van der Waals surface area contributed by atoms with Crippen LogP contribution in [0.4, 0.5) is 0 Å². The lowest BCUT2D eigenvalue weighted by Crippen LogP contribution is -2.43. The molecule has 1 N–H and O–H groups in total. The number of hydrogen-bond acceptors (Lipinski definition) is 3. The molecule has 4 heteroatoms. The lowest BCUT2D eigenvalue weighted by Gasteiger charge is -2.28. The number of nitriles is 1. The van der Waals surface area contributed by atoms with Crippen molar-refractivity contribution < 1.29 is 9.90 Å². The summed E-state index contributed by atoms with van der Waals surface area (Å²) in [6, 6.07) is 2.15. The minimum atomic E-state index is -0.902. The Balaban J connectivity index is 2.83. The van der Waals surface area contributed by atoms with E-state index in [1.807, 2.05) is 13.8 Å². The topological polar surface area (TPSA) is 64.3 Å². The van der Waals surface area contributed by atoms with E-state index < -0.39 is 11.0 Å². The molecular formula is C12H20N2O2. The number of nitrogens with zero attached hydrogens (tertiary/aromatic N) is 2. The number of carbonyl (C=O) groups excluding carboxylic acids is 1. The van der Waals surface area contributed by atoms with Crippen LogP contribution in [0.1, 0.15) is 40.0 Å². The number of β-amino-alcohol motifs (C(OH)–C–C–N with tert-alkyl or cyclic N) is 1. The molecule has 0 radical (unpaired) electrons. The highest BCUT2D eigenvalue weighted by molar-refractivity contribution is 5.85. The average Bonchev–Trinajstić information content (AvgIpc) is 2.62. The third-order valence-corrected chi connectivity index (χ3v) is 3.57. The van der Waals surface area contributed by atoms with Crippen molar-refractivity contribution in [1.29, 1.82) is 5.26 Å².